The fourth-order valence-corrected chi connectivity index (χ4v) is 8.53. The number of aromatic hydroxyl groups is 1. The number of ether oxygens (including phenoxy) is 1. The smallest absolute Gasteiger partial charge is 0.318 e. The van der Waals surface area contributed by atoms with Crippen LogP contribution in [0.15, 0.2) is 12.1 Å². The molecule has 5 fully saturated rings. The van der Waals surface area contributed by atoms with Crippen LogP contribution in [0.25, 0.3) is 0 Å². The fraction of sp³-hybridized carbons (Fsp3) is 0.667. The van der Waals surface area contributed by atoms with Crippen molar-refractivity contribution in [3.63, 3.8) is 0 Å². The van der Waals surface area contributed by atoms with Gasteiger partial charge in [-0.1, -0.05) is 11.6 Å². The molecule has 2 N–H and O–H groups in total. The molecule has 1 aromatic carbocycles. The highest BCUT2D eigenvalue weighted by Crippen LogP contribution is 2.50. The Morgan fingerprint density at radius 2 is 1.90 bits per heavy atom. The number of nitrogens with one attached hydrogen (secondary N) is 1. The molecule has 40 heavy (non-hydrogen) atoms. The number of aromatic nitrogens is 2. The van der Waals surface area contributed by atoms with Gasteiger partial charge in [0.2, 0.25) is 0 Å². The van der Waals surface area contributed by atoms with Gasteiger partial charge in [0.25, 0.3) is 0 Å². The Labute approximate surface area is 239 Å². The van der Waals surface area contributed by atoms with E-state index in [1.54, 1.807) is 6.07 Å². The zero-order valence-electron chi connectivity index (χ0n) is 22.9. The normalized spacial score (nSPS) is 31.5. The van der Waals surface area contributed by atoms with Crippen molar-refractivity contribution in [2.75, 3.05) is 49.1 Å². The minimum Gasteiger partial charge on any atom is -0.508 e. The van der Waals surface area contributed by atoms with Crippen LogP contribution in [-0.2, 0) is 13.0 Å². The van der Waals surface area contributed by atoms with Gasteiger partial charge in [-0.15, -0.1) is 0 Å². The van der Waals surface area contributed by atoms with Crippen molar-refractivity contribution < 1.29 is 14.2 Å². The number of phenolic OH excluding ortho intramolecular Hbond substituents is 1. The average Bonchev–Trinajstić information content (AvgIpc) is 3.51. The Bertz CT molecular complexity index is 1310. The number of fused-ring (bicyclic) bond motifs is 4. The lowest BCUT2D eigenvalue weighted by Crippen LogP contribution is -2.52. The number of phenols is 1. The third kappa shape index (κ3) is 4.40. The molecule has 2 aromatic rings. The number of alkyl halides is 1. The molecule has 1 aromatic heterocycles. The van der Waals surface area contributed by atoms with E-state index in [0.717, 1.165) is 81.0 Å². The summed E-state index contributed by atoms with van der Waals surface area (Å²) in [4.78, 5) is 17.1. The van der Waals surface area contributed by atoms with E-state index in [9.17, 15) is 9.50 Å². The fourth-order valence-electron chi connectivity index (χ4n) is 8.16. The number of anilines is 2. The molecular formula is C30H38ClFN6O2. The van der Waals surface area contributed by atoms with Crippen molar-refractivity contribution in [3.05, 3.63) is 34.0 Å². The van der Waals surface area contributed by atoms with Crippen molar-refractivity contribution in [2.24, 2.45) is 0 Å². The predicted octanol–water partition coefficient (Wildman–Crippen LogP) is 4.17. The predicted molar refractivity (Wildman–Crippen MR) is 153 cm³/mol. The molecule has 0 amide bonds. The average molecular weight is 569 g/mol. The third-order valence-electron chi connectivity index (χ3n) is 10.2. The Morgan fingerprint density at radius 3 is 2.70 bits per heavy atom. The van der Waals surface area contributed by atoms with Crippen molar-refractivity contribution in [2.45, 2.75) is 87.6 Å². The van der Waals surface area contributed by atoms with Gasteiger partial charge in [-0.2, -0.15) is 9.97 Å². The number of rotatable bonds is 6. The van der Waals surface area contributed by atoms with Crippen LogP contribution in [0.1, 0.15) is 67.7 Å². The van der Waals surface area contributed by atoms with E-state index < -0.39 is 6.17 Å². The monoisotopic (exact) mass is 568 g/mol. The Kier molecular flexibility index (Phi) is 6.08. The van der Waals surface area contributed by atoms with Gasteiger partial charge in [0, 0.05) is 67.0 Å². The summed E-state index contributed by atoms with van der Waals surface area (Å²) in [6, 6.07) is 4.92. The van der Waals surface area contributed by atoms with Gasteiger partial charge in [-0.25, -0.2) is 4.39 Å². The highest BCUT2D eigenvalue weighted by Gasteiger charge is 2.49. The Hall–Kier alpha value is -2.36. The minimum absolute atomic E-state index is 0.196. The molecular weight excluding hydrogens is 531 g/mol. The summed E-state index contributed by atoms with van der Waals surface area (Å²) in [5.41, 5.74) is 4.11. The standard InChI is InChI=1S/C30H38ClFN6O2/c31-24-10-22(39)11-26(27(24)18-2-3-18)36-9-6-23-25(16-36)34-29(35-28(23)37-14-20-4-5-21(15-37)33-20)40-17-30-7-1-8-38(30)13-19(32)12-30/h10-11,18-21,33,39H,1-9,12-17H2/t19-,20-,21+,30+/m1/s1. The largest absolute Gasteiger partial charge is 0.508 e. The number of hydrogen-bond donors (Lipinski definition) is 2. The quantitative estimate of drug-likeness (QED) is 0.538. The first-order chi connectivity index (χ1) is 19.4. The zero-order valence-corrected chi connectivity index (χ0v) is 23.7. The van der Waals surface area contributed by atoms with Crippen molar-refractivity contribution >= 4 is 23.1 Å². The van der Waals surface area contributed by atoms with Crippen LogP contribution in [-0.4, -0.2) is 83.1 Å². The maximum atomic E-state index is 14.4. The second kappa shape index (κ2) is 9.60. The van der Waals surface area contributed by atoms with Crippen LogP contribution in [0.5, 0.6) is 11.8 Å². The molecule has 6 heterocycles. The Morgan fingerprint density at radius 1 is 1.07 bits per heavy atom. The molecule has 2 bridgehead atoms. The minimum atomic E-state index is -0.788. The number of piperazine rings is 1. The van der Waals surface area contributed by atoms with Gasteiger partial charge >= 0.3 is 6.01 Å². The molecule has 10 heteroatoms. The number of nitrogens with zero attached hydrogens (tertiary/aromatic N) is 5. The van der Waals surface area contributed by atoms with E-state index in [-0.39, 0.29) is 11.3 Å². The molecule has 1 saturated carbocycles. The van der Waals surface area contributed by atoms with Crippen LogP contribution < -0.4 is 19.9 Å². The van der Waals surface area contributed by atoms with E-state index in [1.807, 2.05) is 6.07 Å². The molecule has 4 atom stereocenters. The van der Waals surface area contributed by atoms with Crippen LogP contribution in [0.2, 0.25) is 5.02 Å². The van der Waals surface area contributed by atoms with E-state index in [0.29, 0.717) is 55.2 Å². The Balaban J connectivity index is 1.13. The highest BCUT2D eigenvalue weighted by molar-refractivity contribution is 6.32. The highest BCUT2D eigenvalue weighted by atomic mass is 35.5. The number of benzene rings is 1. The van der Waals surface area contributed by atoms with Crippen LogP contribution >= 0.6 is 11.6 Å². The van der Waals surface area contributed by atoms with Crippen LogP contribution in [0.4, 0.5) is 15.9 Å². The summed E-state index contributed by atoms with van der Waals surface area (Å²) in [7, 11) is 0. The van der Waals surface area contributed by atoms with Gasteiger partial charge in [-0.3, -0.25) is 4.90 Å². The van der Waals surface area contributed by atoms with E-state index in [2.05, 4.69) is 20.0 Å². The maximum Gasteiger partial charge on any atom is 0.318 e. The maximum absolute atomic E-state index is 14.4. The SMILES string of the molecule is Oc1cc(Cl)c(C2CC2)c(N2CCc3c(nc(OC[C@@]45CCCN4C[C@H](F)C5)nc3N3C[C@H]4CC[C@@H](C3)N4)C2)c1. The second-order valence-corrected chi connectivity index (χ2v) is 13.4. The molecule has 1 aliphatic carbocycles. The lowest BCUT2D eigenvalue weighted by atomic mass is 9.95. The summed E-state index contributed by atoms with van der Waals surface area (Å²) in [5, 5.41) is 14.8. The molecule has 6 aliphatic rings. The van der Waals surface area contributed by atoms with Gasteiger partial charge in [0.05, 0.1) is 17.8 Å². The first kappa shape index (κ1) is 25.4. The third-order valence-corrected chi connectivity index (χ3v) is 10.5. The van der Waals surface area contributed by atoms with Crippen molar-refractivity contribution in [3.8, 4) is 11.8 Å². The molecule has 8 rings (SSSR count). The second-order valence-electron chi connectivity index (χ2n) is 13.0. The van der Waals surface area contributed by atoms with Crippen LogP contribution in [0, 0.1) is 0 Å². The summed E-state index contributed by atoms with van der Waals surface area (Å²) >= 11 is 6.66. The summed E-state index contributed by atoms with van der Waals surface area (Å²) in [6.45, 7) is 5.19. The van der Waals surface area contributed by atoms with Crippen molar-refractivity contribution in [1.29, 1.82) is 0 Å². The van der Waals surface area contributed by atoms with Gasteiger partial charge in [0.1, 0.15) is 24.3 Å². The molecule has 4 saturated heterocycles. The van der Waals surface area contributed by atoms with E-state index in [4.69, 9.17) is 26.3 Å². The van der Waals surface area contributed by atoms with Gasteiger partial charge in [0.15, 0.2) is 0 Å². The number of hydrogen-bond acceptors (Lipinski definition) is 8. The zero-order chi connectivity index (χ0) is 27.0. The van der Waals surface area contributed by atoms with E-state index >= 15 is 0 Å². The molecule has 214 valence electrons. The molecule has 5 aliphatic heterocycles. The topological polar surface area (TPSA) is 77.0 Å². The first-order valence-electron chi connectivity index (χ1n) is 15.1. The van der Waals surface area contributed by atoms with Crippen LogP contribution in [0.3, 0.4) is 0 Å². The van der Waals surface area contributed by atoms with Gasteiger partial charge in [-0.05, 0) is 69.0 Å². The van der Waals surface area contributed by atoms with Gasteiger partial charge < -0.3 is 25.0 Å². The molecule has 8 nitrogen and oxygen atoms in total. The lowest BCUT2D eigenvalue weighted by molar-refractivity contribution is 0.107. The van der Waals surface area contributed by atoms with Crippen molar-refractivity contribution in [1.82, 2.24) is 20.2 Å². The first-order valence-corrected chi connectivity index (χ1v) is 15.5. The molecule has 0 spiro atoms. The number of halogens is 2. The summed E-state index contributed by atoms with van der Waals surface area (Å²) < 4.78 is 20.8. The molecule has 0 unspecified atom stereocenters. The lowest BCUT2D eigenvalue weighted by Gasteiger charge is -2.38. The summed E-state index contributed by atoms with van der Waals surface area (Å²) in [5.74, 6) is 1.66. The molecule has 0 radical (unpaired) electrons. The van der Waals surface area contributed by atoms with E-state index in [1.165, 1.54) is 18.4 Å². The summed E-state index contributed by atoms with van der Waals surface area (Å²) in [6.07, 6.45) is 7.29.